The van der Waals surface area contributed by atoms with E-state index in [1.807, 2.05) is 0 Å². The molecule has 1 saturated heterocycles. The predicted molar refractivity (Wildman–Crippen MR) is 163 cm³/mol. The number of carboxylic acids is 2. The molecule has 1 unspecified atom stereocenters. The van der Waals surface area contributed by atoms with E-state index in [0.29, 0.717) is 59.9 Å². The van der Waals surface area contributed by atoms with Crippen LogP contribution in [0.25, 0.3) is 11.1 Å². The second-order valence-corrected chi connectivity index (χ2v) is 12.8. The summed E-state index contributed by atoms with van der Waals surface area (Å²) in [5, 5.41) is 20.7. The minimum Gasteiger partial charge on any atom is -0.493 e. The molecule has 4 rings (SSSR count). The van der Waals surface area contributed by atoms with Crippen LogP contribution in [0.15, 0.2) is 48.5 Å². The maximum atomic E-state index is 13.2. The number of carbonyl (C=O) groups is 2. The first kappa shape index (κ1) is 31.9. The highest BCUT2D eigenvalue weighted by Crippen LogP contribution is 2.45. The Balaban J connectivity index is 1.79. The molecule has 1 atom stereocenters. The molecular formula is C34H41FN2O6. The van der Waals surface area contributed by atoms with Gasteiger partial charge in [-0.05, 0) is 81.3 Å². The van der Waals surface area contributed by atoms with Crippen LogP contribution in [-0.2, 0) is 16.0 Å². The van der Waals surface area contributed by atoms with Crippen LogP contribution in [0.4, 0.5) is 10.1 Å². The number of pyridine rings is 1. The van der Waals surface area contributed by atoms with E-state index in [2.05, 4.69) is 23.7 Å². The number of benzene rings is 2. The number of piperidine rings is 1. The number of rotatable bonds is 10. The zero-order valence-electron chi connectivity index (χ0n) is 25.7. The summed E-state index contributed by atoms with van der Waals surface area (Å²) in [5.41, 5.74) is 2.26. The number of hydrogen-bond donors (Lipinski definition) is 2. The van der Waals surface area contributed by atoms with E-state index in [9.17, 15) is 24.2 Å². The van der Waals surface area contributed by atoms with Crippen molar-refractivity contribution in [3.05, 3.63) is 76.9 Å². The molecule has 0 amide bonds. The number of aryl methyl sites for hydroxylation is 1. The molecule has 9 heteroatoms. The first-order valence-electron chi connectivity index (χ1n) is 14.6. The van der Waals surface area contributed by atoms with Gasteiger partial charge in [0.05, 0.1) is 17.9 Å². The Bertz CT molecular complexity index is 1450. The van der Waals surface area contributed by atoms with Crippen molar-refractivity contribution in [2.45, 2.75) is 72.5 Å². The van der Waals surface area contributed by atoms with Gasteiger partial charge < -0.3 is 24.6 Å². The lowest BCUT2D eigenvalue weighted by Crippen LogP contribution is -2.39. The third kappa shape index (κ3) is 7.90. The van der Waals surface area contributed by atoms with Crippen LogP contribution in [0.2, 0.25) is 0 Å². The number of nitrogens with zero attached hydrogens (tertiary/aromatic N) is 2. The number of ether oxygens (including phenoxy) is 2. The molecule has 0 aliphatic carbocycles. The maximum Gasteiger partial charge on any atom is 0.355 e. The van der Waals surface area contributed by atoms with Crippen molar-refractivity contribution in [1.29, 1.82) is 0 Å². The first-order valence-corrected chi connectivity index (χ1v) is 14.6. The standard InChI is InChI=1S/C34H41FN2O6/c1-21-26(30(32(40)41)43-33(2,3)4)29(37-18-16-34(5,6)17-19-37)27(28(36-21)31(38)39)23-9-13-25(14-10-23)42-20-15-22-7-11-24(35)12-8-22/h7-14,30H,15-20H2,1-6H3,(H,38,39)(H,40,41). The van der Waals surface area contributed by atoms with Crippen LogP contribution in [0.5, 0.6) is 5.75 Å². The molecule has 0 radical (unpaired) electrons. The Labute approximate surface area is 252 Å². The molecule has 0 bridgehead atoms. The summed E-state index contributed by atoms with van der Waals surface area (Å²) >= 11 is 0. The van der Waals surface area contributed by atoms with Gasteiger partial charge in [0.1, 0.15) is 11.6 Å². The highest BCUT2D eigenvalue weighted by molar-refractivity contribution is 6.00. The van der Waals surface area contributed by atoms with E-state index >= 15 is 0 Å². The average molecular weight is 593 g/mol. The quantitative estimate of drug-likeness (QED) is 0.257. The van der Waals surface area contributed by atoms with E-state index in [0.717, 1.165) is 18.4 Å². The van der Waals surface area contributed by atoms with Gasteiger partial charge in [-0.3, -0.25) is 0 Å². The van der Waals surface area contributed by atoms with E-state index in [4.69, 9.17) is 9.47 Å². The Kier molecular flexibility index (Phi) is 9.44. The van der Waals surface area contributed by atoms with Gasteiger partial charge in [-0.25, -0.2) is 19.0 Å². The summed E-state index contributed by atoms with van der Waals surface area (Å²) in [5.74, 6) is -2.07. The molecule has 1 aliphatic rings. The minimum absolute atomic E-state index is 0.107. The summed E-state index contributed by atoms with van der Waals surface area (Å²) in [6, 6.07) is 13.3. The summed E-state index contributed by atoms with van der Waals surface area (Å²) in [6.45, 7) is 13.0. The molecule has 43 heavy (non-hydrogen) atoms. The van der Waals surface area contributed by atoms with Crippen LogP contribution in [0.3, 0.4) is 0 Å². The molecule has 0 spiro atoms. The Morgan fingerprint density at radius 3 is 2.16 bits per heavy atom. The van der Waals surface area contributed by atoms with Gasteiger partial charge in [0.25, 0.3) is 0 Å². The topological polar surface area (TPSA) is 109 Å². The van der Waals surface area contributed by atoms with Crippen molar-refractivity contribution >= 4 is 17.6 Å². The van der Waals surface area contributed by atoms with Gasteiger partial charge in [0.2, 0.25) is 0 Å². The largest absolute Gasteiger partial charge is 0.493 e. The van der Waals surface area contributed by atoms with E-state index in [-0.39, 0.29) is 16.9 Å². The fourth-order valence-electron chi connectivity index (χ4n) is 5.35. The fraction of sp³-hybridized carbons (Fsp3) is 0.441. The summed E-state index contributed by atoms with van der Waals surface area (Å²) in [7, 11) is 0. The lowest BCUT2D eigenvalue weighted by atomic mass is 9.81. The predicted octanol–water partition coefficient (Wildman–Crippen LogP) is 7.08. The van der Waals surface area contributed by atoms with Gasteiger partial charge in [-0.1, -0.05) is 38.1 Å². The van der Waals surface area contributed by atoms with Crippen molar-refractivity contribution in [3.8, 4) is 16.9 Å². The van der Waals surface area contributed by atoms with Gasteiger partial charge in [-0.2, -0.15) is 0 Å². The highest BCUT2D eigenvalue weighted by atomic mass is 19.1. The monoisotopic (exact) mass is 592 g/mol. The number of carboxylic acid groups (broad SMARTS) is 2. The van der Waals surface area contributed by atoms with Crippen LogP contribution in [-0.4, -0.2) is 52.4 Å². The van der Waals surface area contributed by atoms with Gasteiger partial charge >= 0.3 is 11.9 Å². The number of halogens is 1. The fourth-order valence-corrected chi connectivity index (χ4v) is 5.35. The van der Waals surface area contributed by atoms with Crippen molar-refractivity contribution in [2.24, 2.45) is 5.41 Å². The third-order valence-corrected chi connectivity index (χ3v) is 7.71. The molecule has 3 aromatic rings. The third-order valence-electron chi connectivity index (χ3n) is 7.71. The van der Waals surface area contributed by atoms with Crippen LogP contribution >= 0.6 is 0 Å². The molecule has 0 saturated carbocycles. The molecule has 8 nitrogen and oxygen atoms in total. The molecular weight excluding hydrogens is 551 g/mol. The van der Waals surface area contributed by atoms with Gasteiger partial charge in [0.15, 0.2) is 11.8 Å². The molecule has 2 aromatic carbocycles. The molecule has 1 fully saturated rings. The van der Waals surface area contributed by atoms with Crippen molar-refractivity contribution in [3.63, 3.8) is 0 Å². The van der Waals surface area contributed by atoms with Crippen LogP contribution < -0.4 is 9.64 Å². The van der Waals surface area contributed by atoms with E-state index in [1.54, 1.807) is 64.1 Å². The van der Waals surface area contributed by atoms with E-state index in [1.165, 1.54) is 12.1 Å². The van der Waals surface area contributed by atoms with E-state index < -0.39 is 23.6 Å². The van der Waals surface area contributed by atoms with Crippen LogP contribution in [0.1, 0.15) is 80.9 Å². The number of aromatic nitrogens is 1. The number of aromatic carboxylic acids is 1. The van der Waals surface area contributed by atoms with Crippen molar-refractivity contribution in [2.75, 3.05) is 24.6 Å². The second-order valence-electron chi connectivity index (χ2n) is 12.8. The smallest absolute Gasteiger partial charge is 0.355 e. The first-order chi connectivity index (χ1) is 20.1. The lowest BCUT2D eigenvalue weighted by Gasteiger charge is -2.41. The summed E-state index contributed by atoms with van der Waals surface area (Å²) in [4.78, 5) is 31.8. The zero-order valence-corrected chi connectivity index (χ0v) is 25.7. The molecule has 1 aliphatic heterocycles. The Hall–Kier alpha value is -3.98. The normalized spacial score (nSPS) is 15.7. The number of anilines is 1. The Morgan fingerprint density at radius 1 is 1.02 bits per heavy atom. The van der Waals surface area contributed by atoms with Crippen LogP contribution in [0, 0.1) is 18.2 Å². The van der Waals surface area contributed by atoms with Crippen molar-refractivity contribution < 1.29 is 33.7 Å². The molecule has 2 heterocycles. The Morgan fingerprint density at radius 2 is 1.63 bits per heavy atom. The minimum atomic E-state index is -1.35. The average Bonchev–Trinajstić information content (AvgIpc) is 2.92. The molecule has 1 aromatic heterocycles. The number of hydrogen-bond acceptors (Lipinski definition) is 6. The van der Waals surface area contributed by atoms with Gasteiger partial charge in [0, 0.05) is 36.3 Å². The zero-order chi connectivity index (χ0) is 31.5. The molecule has 230 valence electrons. The highest BCUT2D eigenvalue weighted by Gasteiger charge is 2.37. The number of aliphatic carboxylic acids is 1. The SMILES string of the molecule is Cc1nc(C(=O)O)c(-c2ccc(OCCc3ccc(F)cc3)cc2)c(N2CCC(C)(C)CC2)c1C(OC(C)(C)C)C(=O)O. The van der Waals surface area contributed by atoms with Gasteiger partial charge in [-0.15, -0.1) is 0 Å². The maximum absolute atomic E-state index is 13.2. The second kappa shape index (κ2) is 12.7. The summed E-state index contributed by atoms with van der Waals surface area (Å²) in [6.07, 6.45) is 0.951. The molecule has 2 N–H and O–H groups in total. The summed E-state index contributed by atoms with van der Waals surface area (Å²) < 4.78 is 25.2. The van der Waals surface area contributed by atoms with Crippen molar-refractivity contribution in [1.82, 2.24) is 4.98 Å². The lowest BCUT2D eigenvalue weighted by molar-refractivity contribution is -0.160.